The van der Waals surface area contributed by atoms with E-state index in [1.165, 1.54) is 26.3 Å². The third kappa shape index (κ3) is 7.37. The molecule has 0 aliphatic heterocycles. The minimum absolute atomic E-state index is 0.0325. The van der Waals surface area contributed by atoms with Crippen LogP contribution in [0.25, 0.3) is 22.5 Å². The van der Waals surface area contributed by atoms with Gasteiger partial charge in [-0.1, -0.05) is 18.5 Å². The van der Waals surface area contributed by atoms with E-state index in [4.69, 9.17) is 16.3 Å². The Morgan fingerprint density at radius 3 is 2.64 bits per heavy atom. The van der Waals surface area contributed by atoms with E-state index in [0.717, 1.165) is 4.31 Å². The van der Waals surface area contributed by atoms with Crippen LogP contribution in [-0.2, 0) is 14.9 Å². The smallest absolute Gasteiger partial charge is 0.301 e. The molecule has 0 fully saturated rings. The summed E-state index contributed by atoms with van der Waals surface area (Å²) in [6.07, 6.45) is 3.26. The van der Waals surface area contributed by atoms with Gasteiger partial charge in [0.05, 0.1) is 18.5 Å². The second-order valence-corrected chi connectivity index (χ2v) is 11.3. The van der Waals surface area contributed by atoms with Gasteiger partial charge in [-0.3, -0.25) is 9.40 Å². The summed E-state index contributed by atoms with van der Waals surface area (Å²) in [4.78, 5) is 8.86. The highest BCUT2D eigenvalue weighted by Gasteiger charge is 2.24. The summed E-state index contributed by atoms with van der Waals surface area (Å²) in [5.74, 6) is -0.00561. The van der Waals surface area contributed by atoms with Gasteiger partial charge in [0.25, 0.3) is 0 Å². The number of halogens is 2. The predicted octanol–water partition coefficient (Wildman–Crippen LogP) is 4.50. The second kappa shape index (κ2) is 12.6. The lowest BCUT2D eigenvalue weighted by molar-refractivity contribution is 0.255. The maximum Gasteiger partial charge on any atom is 0.301 e. The quantitative estimate of drug-likeness (QED) is 0.252. The largest absolute Gasteiger partial charge is 0.483 e. The summed E-state index contributed by atoms with van der Waals surface area (Å²) in [5.41, 5.74) is 1.02. The van der Waals surface area contributed by atoms with Crippen molar-refractivity contribution < 1.29 is 17.5 Å². The molecule has 2 aromatic heterocycles. The van der Waals surface area contributed by atoms with Crippen molar-refractivity contribution in [1.82, 2.24) is 29.4 Å². The third-order valence-electron chi connectivity index (χ3n) is 5.80. The lowest BCUT2D eigenvalue weighted by Gasteiger charge is -2.18. The molecular weight excluding hydrogens is 547 g/mol. The van der Waals surface area contributed by atoms with Crippen LogP contribution in [0.3, 0.4) is 0 Å². The molecule has 0 unspecified atom stereocenters. The first-order valence-electron chi connectivity index (χ1n) is 12.3. The first kappa shape index (κ1) is 30.1. The van der Waals surface area contributed by atoms with Crippen molar-refractivity contribution in [1.29, 1.82) is 0 Å². The molecule has 0 aliphatic carbocycles. The predicted molar refractivity (Wildman–Crippen MR) is 152 cm³/mol. The van der Waals surface area contributed by atoms with Crippen molar-refractivity contribution in [2.24, 2.45) is 0 Å². The van der Waals surface area contributed by atoms with Crippen LogP contribution in [-0.4, -0.2) is 65.8 Å². The molecule has 3 rings (SSSR count). The molecule has 0 bridgehead atoms. The molecular formula is C25H34ClFN8O3S. The molecule has 1 atom stereocenters. The van der Waals surface area contributed by atoms with Gasteiger partial charge in [-0.2, -0.15) is 17.8 Å². The summed E-state index contributed by atoms with van der Waals surface area (Å²) in [7, 11) is -1.07. The number of ether oxygens (including phenoxy) is 1. The summed E-state index contributed by atoms with van der Waals surface area (Å²) >= 11 is 6.33. The molecule has 39 heavy (non-hydrogen) atoms. The minimum atomic E-state index is -3.98. The SMILES string of the molecule is C=C(N[C@@H](C)CNc1nccc(-c2nn(C(C)C)cc2-c2cc(Cl)cc(NS(=O)(=O)N(C)CC)c2F)n1)OC. The monoisotopic (exact) mass is 580 g/mol. The average molecular weight is 581 g/mol. The number of hydrogen-bond acceptors (Lipinski definition) is 8. The van der Waals surface area contributed by atoms with Gasteiger partial charge in [-0.25, -0.2) is 14.4 Å². The van der Waals surface area contributed by atoms with Gasteiger partial charge in [-0.15, -0.1) is 0 Å². The minimum Gasteiger partial charge on any atom is -0.483 e. The first-order valence-corrected chi connectivity index (χ1v) is 14.1. The average Bonchev–Trinajstić information content (AvgIpc) is 3.34. The highest BCUT2D eigenvalue weighted by Crippen LogP contribution is 2.37. The summed E-state index contributed by atoms with van der Waals surface area (Å²) in [6, 6.07) is 4.25. The molecule has 0 saturated heterocycles. The molecule has 3 aromatic rings. The van der Waals surface area contributed by atoms with Crippen molar-refractivity contribution in [2.45, 2.75) is 39.8 Å². The van der Waals surface area contributed by atoms with E-state index >= 15 is 4.39 Å². The van der Waals surface area contributed by atoms with Gasteiger partial charge < -0.3 is 15.4 Å². The van der Waals surface area contributed by atoms with E-state index in [9.17, 15) is 8.42 Å². The van der Waals surface area contributed by atoms with E-state index in [2.05, 4.69) is 37.0 Å². The van der Waals surface area contributed by atoms with Gasteiger partial charge in [0.15, 0.2) is 11.7 Å². The summed E-state index contributed by atoms with van der Waals surface area (Å²) in [6.45, 7) is 11.9. The van der Waals surface area contributed by atoms with Gasteiger partial charge in [0.2, 0.25) is 5.95 Å². The molecule has 2 heterocycles. The standard InChI is InChI=1S/C25H34ClFN8O3S/c1-8-34(6)39(36,37)33-22-12-18(26)11-19(23(22)27)20-14-35(15(2)3)32-24(20)21-9-10-28-25(31-21)29-13-16(4)30-17(5)38-7/h9-12,14-16,30,33H,5,8,13H2,1-4,6-7H3,(H,28,29,31)/t16-/m0/s1. The fourth-order valence-electron chi connectivity index (χ4n) is 3.49. The van der Waals surface area contributed by atoms with Crippen molar-refractivity contribution in [3.63, 3.8) is 0 Å². The van der Waals surface area contributed by atoms with Gasteiger partial charge in [0.1, 0.15) is 5.69 Å². The number of nitrogens with zero attached hydrogens (tertiary/aromatic N) is 5. The van der Waals surface area contributed by atoms with E-state index in [-0.39, 0.29) is 34.9 Å². The van der Waals surface area contributed by atoms with Gasteiger partial charge in [-0.05, 0) is 45.5 Å². The molecule has 3 N–H and O–H groups in total. The van der Waals surface area contributed by atoms with Crippen molar-refractivity contribution in [2.75, 3.05) is 37.3 Å². The number of benzene rings is 1. The van der Waals surface area contributed by atoms with Gasteiger partial charge >= 0.3 is 10.2 Å². The third-order valence-corrected chi connectivity index (χ3v) is 7.58. The molecule has 0 spiro atoms. The fraction of sp³-hybridized carbons (Fsp3) is 0.400. The van der Waals surface area contributed by atoms with Crippen LogP contribution in [0.2, 0.25) is 5.02 Å². The van der Waals surface area contributed by atoms with E-state index in [1.54, 1.807) is 30.1 Å². The second-order valence-electron chi connectivity index (χ2n) is 9.12. The van der Waals surface area contributed by atoms with Crippen LogP contribution in [0.4, 0.5) is 16.0 Å². The fourth-order valence-corrected chi connectivity index (χ4v) is 4.63. The molecule has 11 nitrogen and oxygen atoms in total. The Kier molecular flexibility index (Phi) is 9.75. The Bertz CT molecular complexity index is 1430. The summed E-state index contributed by atoms with van der Waals surface area (Å²) < 4.78 is 51.1. The number of aromatic nitrogens is 4. The molecule has 212 valence electrons. The highest BCUT2D eigenvalue weighted by atomic mass is 35.5. The van der Waals surface area contributed by atoms with Crippen molar-refractivity contribution in [3.05, 3.63) is 53.9 Å². The Morgan fingerprint density at radius 2 is 2.00 bits per heavy atom. The number of rotatable bonds is 13. The van der Waals surface area contributed by atoms with Crippen molar-refractivity contribution >= 4 is 33.4 Å². The molecule has 0 amide bonds. The maximum absolute atomic E-state index is 15.9. The number of methoxy groups -OCH3 is 1. The topological polar surface area (TPSA) is 126 Å². The number of hydrogen-bond donors (Lipinski definition) is 3. The van der Waals surface area contributed by atoms with Crippen LogP contribution in [0.5, 0.6) is 0 Å². The zero-order chi connectivity index (χ0) is 28.9. The van der Waals surface area contributed by atoms with Crippen LogP contribution in [0.15, 0.2) is 43.1 Å². The number of anilines is 2. The Hall–Kier alpha value is -3.42. The Morgan fingerprint density at radius 1 is 1.28 bits per heavy atom. The van der Waals surface area contributed by atoms with Crippen molar-refractivity contribution in [3.8, 4) is 22.5 Å². The van der Waals surface area contributed by atoms with E-state index < -0.39 is 16.0 Å². The van der Waals surface area contributed by atoms with Gasteiger partial charge in [0, 0.05) is 60.8 Å². The molecule has 14 heteroatoms. The normalized spacial score (nSPS) is 12.5. The molecule has 1 aromatic carbocycles. The molecule has 0 aliphatic rings. The number of nitrogens with one attached hydrogen (secondary N) is 3. The lowest BCUT2D eigenvalue weighted by Crippen LogP contribution is -2.32. The van der Waals surface area contributed by atoms with Crippen LogP contribution < -0.4 is 15.4 Å². The lowest BCUT2D eigenvalue weighted by atomic mass is 10.0. The summed E-state index contributed by atoms with van der Waals surface area (Å²) in [5, 5.41) is 11.0. The van der Waals surface area contributed by atoms with E-state index in [1.807, 2.05) is 20.8 Å². The molecule has 0 radical (unpaired) electrons. The van der Waals surface area contributed by atoms with Crippen LogP contribution in [0, 0.1) is 5.82 Å². The van der Waals surface area contributed by atoms with Crippen LogP contribution in [0.1, 0.15) is 33.7 Å². The highest BCUT2D eigenvalue weighted by molar-refractivity contribution is 7.90. The Balaban J connectivity index is 2.03. The Labute approximate surface area is 233 Å². The zero-order valence-electron chi connectivity index (χ0n) is 22.8. The van der Waals surface area contributed by atoms with Crippen LogP contribution >= 0.6 is 11.6 Å². The zero-order valence-corrected chi connectivity index (χ0v) is 24.4. The van der Waals surface area contributed by atoms with E-state index in [0.29, 0.717) is 35.3 Å². The molecule has 0 saturated carbocycles. The maximum atomic E-state index is 15.9. The first-order chi connectivity index (χ1) is 18.4.